The largest absolute Gasteiger partial charge is 0.390 e. The van der Waals surface area contributed by atoms with Crippen LogP contribution in [0.2, 0.25) is 0 Å². The lowest BCUT2D eigenvalue weighted by Gasteiger charge is -2.62. The average molecular weight is 575 g/mol. The summed E-state index contributed by atoms with van der Waals surface area (Å²) in [5, 5.41) is 40.9. The molecule has 41 heavy (non-hydrogen) atoms. The second-order valence-electron chi connectivity index (χ2n) is 12.2. The zero-order valence-electron chi connectivity index (χ0n) is 23.6. The van der Waals surface area contributed by atoms with E-state index < -0.39 is 64.2 Å². The van der Waals surface area contributed by atoms with Gasteiger partial charge in [-0.15, -0.1) is 0 Å². The third-order valence-electron chi connectivity index (χ3n) is 9.96. The molecule has 224 valence electrons. The molecule has 3 fully saturated rings. The lowest BCUT2D eigenvalue weighted by Crippen LogP contribution is -2.69. The van der Waals surface area contributed by atoms with Gasteiger partial charge < -0.3 is 26.0 Å². The van der Waals surface area contributed by atoms with Gasteiger partial charge in [0, 0.05) is 22.3 Å². The first-order valence-electron chi connectivity index (χ1n) is 13.8. The lowest BCUT2D eigenvalue weighted by molar-refractivity contribution is -0.217. The van der Waals surface area contributed by atoms with E-state index in [1.165, 1.54) is 6.92 Å². The van der Waals surface area contributed by atoms with Crippen LogP contribution in [0, 0.1) is 22.7 Å². The summed E-state index contributed by atoms with van der Waals surface area (Å²) in [4.78, 5) is 48.0. The second-order valence-corrected chi connectivity index (χ2v) is 12.2. The maximum atomic E-state index is 17.3. The number of hydrogen-bond donors (Lipinski definition) is 6. The molecule has 12 heteroatoms. The number of carbonyl (C=O) groups is 4. The number of aliphatic hydroxyl groups excluding tert-OH is 2. The lowest BCUT2D eigenvalue weighted by atomic mass is 9.44. The van der Waals surface area contributed by atoms with E-state index in [-0.39, 0.29) is 37.4 Å². The smallest absolute Gasteiger partial charge is 0.259 e. The number of nitrogens with one attached hydrogen (secondary N) is 3. The molecule has 0 aromatic rings. The van der Waals surface area contributed by atoms with Crippen molar-refractivity contribution in [3.63, 3.8) is 0 Å². The number of ketones is 1. The predicted molar refractivity (Wildman–Crippen MR) is 147 cm³/mol. The minimum atomic E-state index is -2.07. The highest BCUT2D eigenvalue weighted by molar-refractivity contribution is 6.06. The Balaban J connectivity index is 1.44. The highest BCUT2D eigenvalue weighted by Crippen LogP contribution is 2.69. The van der Waals surface area contributed by atoms with Crippen LogP contribution < -0.4 is 16.1 Å². The number of nitrogens with zero attached hydrogens (tertiary/aromatic N) is 1. The molecule has 7 atom stereocenters. The number of allylic oxidation sites excluding steroid dienone is 4. The number of rotatable bonds is 8. The van der Waals surface area contributed by atoms with E-state index in [1.807, 2.05) is 0 Å². The predicted octanol–water partition coefficient (Wildman–Crippen LogP) is 0.361. The van der Waals surface area contributed by atoms with Gasteiger partial charge in [0.05, 0.1) is 24.9 Å². The topological polar surface area (TPSA) is 177 Å². The number of aliphatic hydroxyl groups is 3. The molecule has 0 aliphatic heterocycles. The highest BCUT2D eigenvalue weighted by Gasteiger charge is 2.73. The molecule has 4 aliphatic rings. The average Bonchev–Trinajstić information content (AvgIpc) is 3.20. The van der Waals surface area contributed by atoms with E-state index in [0.29, 0.717) is 30.5 Å². The summed E-state index contributed by atoms with van der Waals surface area (Å²) in [6.07, 6.45) is 4.72. The minimum Gasteiger partial charge on any atom is -0.390 e. The molecule has 0 heterocycles. The van der Waals surface area contributed by atoms with Crippen molar-refractivity contribution >= 4 is 29.2 Å². The maximum absolute atomic E-state index is 17.3. The third-order valence-corrected chi connectivity index (χ3v) is 9.96. The van der Waals surface area contributed by atoms with E-state index in [2.05, 4.69) is 27.7 Å². The fraction of sp³-hybridized carbons (Fsp3) is 0.621. The molecule has 0 aromatic carbocycles. The van der Waals surface area contributed by atoms with Crippen molar-refractivity contribution in [1.82, 2.24) is 16.1 Å². The molecule has 3 saturated carbocycles. The SMILES string of the molecule is C=C(C)C(=O)NCC(=O)NCC(=O)NN=C1C=C[C@@]2(C)C(=C1)CC[C@H]1[C@@H]3CC[C@](O)(C(=O)CO)[C@@]3(C)C[C@H](O)[C@@]12F. The molecule has 0 spiro atoms. The molecule has 0 radical (unpaired) electrons. The molecule has 6 N–H and O–H groups in total. The Kier molecular flexibility index (Phi) is 8.16. The summed E-state index contributed by atoms with van der Waals surface area (Å²) < 4.78 is 17.3. The van der Waals surface area contributed by atoms with Crippen molar-refractivity contribution in [1.29, 1.82) is 0 Å². The van der Waals surface area contributed by atoms with Gasteiger partial charge in [0.2, 0.25) is 11.8 Å². The molecule has 3 amide bonds. The first-order chi connectivity index (χ1) is 19.1. The van der Waals surface area contributed by atoms with E-state index in [0.717, 1.165) is 0 Å². The number of Topliss-reactive ketones (excluding diaryl/α,β-unsaturated/α-hetero) is 1. The zero-order chi connectivity index (χ0) is 30.4. The van der Waals surface area contributed by atoms with E-state index in [9.17, 15) is 34.5 Å². The van der Waals surface area contributed by atoms with Crippen molar-refractivity contribution in [3.8, 4) is 0 Å². The monoisotopic (exact) mass is 574 g/mol. The Morgan fingerprint density at radius 1 is 1.12 bits per heavy atom. The van der Waals surface area contributed by atoms with Crippen molar-refractivity contribution in [2.45, 2.75) is 70.2 Å². The van der Waals surface area contributed by atoms with Crippen LogP contribution in [0.25, 0.3) is 0 Å². The highest BCUT2D eigenvalue weighted by atomic mass is 19.1. The summed E-state index contributed by atoms with van der Waals surface area (Å²) in [5.74, 6) is -3.31. The van der Waals surface area contributed by atoms with Crippen molar-refractivity contribution in [2.24, 2.45) is 27.8 Å². The molecule has 11 nitrogen and oxygen atoms in total. The first kappa shape index (κ1) is 30.7. The van der Waals surface area contributed by atoms with Gasteiger partial charge >= 0.3 is 0 Å². The van der Waals surface area contributed by atoms with Gasteiger partial charge in [-0.05, 0) is 64.0 Å². The fourth-order valence-corrected chi connectivity index (χ4v) is 7.60. The number of hydrogen-bond acceptors (Lipinski definition) is 8. The second kappa shape index (κ2) is 10.9. The Morgan fingerprint density at radius 3 is 2.46 bits per heavy atom. The van der Waals surface area contributed by atoms with Crippen LogP contribution in [-0.2, 0) is 19.2 Å². The summed E-state index contributed by atoms with van der Waals surface area (Å²) in [5.41, 5.74) is -2.45. The minimum absolute atomic E-state index is 0.113. The van der Waals surface area contributed by atoms with Crippen molar-refractivity contribution in [3.05, 3.63) is 36.0 Å². The van der Waals surface area contributed by atoms with Crippen LogP contribution >= 0.6 is 0 Å². The normalized spacial score (nSPS) is 38.2. The summed E-state index contributed by atoms with van der Waals surface area (Å²) in [6, 6.07) is 0. The maximum Gasteiger partial charge on any atom is 0.259 e. The van der Waals surface area contributed by atoms with Crippen molar-refractivity contribution in [2.75, 3.05) is 19.7 Å². The number of amides is 3. The number of alkyl halides is 1. The van der Waals surface area contributed by atoms with Crippen LogP contribution in [0.15, 0.2) is 41.1 Å². The van der Waals surface area contributed by atoms with Gasteiger partial charge in [0.15, 0.2) is 11.5 Å². The van der Waals surface area contributed by atoms with Gasteiger partial charge in [-0.2, -0.15) is 5.10 Å². The Hall–Kier alpha value is -3.22. The van der Waals surface area contributed by atoms with E-state index >= 15 is 4.39 Å². The van der Waals surface area contributed by atoms with Gasteiger partial charge in [0.1, 0.15) is 12.2 Å². The van der Waals surface area contributed by atoms with Gasteiger partial charge in [-0.25, -0.2) is 9.82 Å². The Morgan fingerprint density at radius 2 is 1.80 bits per heavy atom. The molecule has 4 aliphatic carbocycles. The number of hydrazone groups is 1. The molecule has 0 bridgehead atoms. The first-order valence-corrected chi connectivity index (χ1v) is 13.8. The van der Waals surface area contributed by atoms with Crippen LogP contribution in [-0.4, -0.2) is 81.6 Å². The molecular formula is C29H39FN4O7. The van der Waals surface area contributed by atoms with Crippen LogP contribution in [0.5, 0.6) is 0 Å². The summed E-state index contributed by atoms with van der Waals surface area (Å²) in [6.45, 7) is 6.92. The fourth-order valence-electron chi connectivity index (χ4n) is 7.60. The van der Waals surface area contributed by atoms with Gasteiger partial charge in [-0.3, -0.25) is 19.2 Å². The molecular weight excluding hydrogens is 535 g/mol. The summed E-state index contributed by atoms with van der Waals surface area (Å²) in [7, 11) is 0. The zero-order valence-corrected chi connectivity index (χ0v) is 23.6. The number of fused-ring (bicyclic) bond motifs is 5. The van der Waals surface area contributed by atoms with Crippen molar-refractivity contribution < 1.29 is 38.9 Å². The van der Waals surface area contributed by atoms with Crippen LogP contribution in [0.3, 0.4) is 0 Å². The third kappa shape index (κ3) is 4.85. The Labute approximate surface area is 238 Å². The van der Waals surface area contributed by atoms with Gasteiger partial charge in [-0.1, -0.05) is 25.2 Å². The van der Waals surface area contributed by atoms with Crippen LogP contribution in [0.1, 0.15) is 52.9 Å². The summed E-state index contributed by atoms with van der Waals surface area (Å²) >= 11 is 0. The molecule has 4 rings (SSSR count). The molecule has 0 aromatic heterocycles. The van der Waals surface area contributed by atoms with E-state index in [4.69, 9.17) is 0 Å². The molecule has 0 saturated heterocycles. The van der Waals surface area contributed by atoms with E-state index in [1.54, 1.807) is 32.1 Å². The quantitative estimate of drug-likeness (QED) is 0.179. The Bertz CT molecular complexity index is 1260. The standard InChI is InChI=1S/C29H39FN4O7/c1-16(2)25(40)32-13-23(38)31-14-24(39)34-33-18-7-9-26(3)17(11-18)5-6-20-19-8-10-28(41,22(37)15-35)27(19,4)12-21(36)29(20,26)30/h7,9,11,19-21,35-36,41H,1,5-6,8,10,12-15H2,2-4H3,(H,31,38)(H,32,40)(H,34,39)/t19-,20-,21-,26-,27-,28-,29-/m0/s1. The number of carbonyl (C=O) groups excluding carboxylic acids is 4. The van der Waals surface area contributed by atoms with Gasteiger partial charge in [0.25, 0.3) is 5.91 Å². The number of halogens is 1. The van der Waals surface area contributed by atoms with Crippen LogP contribution in [0.4, 0.5) is 4.39 Å². The molecule has 0 unspecified atom stereocenters.